The molecule has 10 aromatic carbocycles. The normalized spacial score (nSPS) is 13.2. The molecule has 0 bridgehead atoms. The van der Waals surface area contributed by atoms with Crippen molar-refractivity contribution in [2.45, 2.75) is 78.6 Å². The molecule has 14 rings (SSSR count). The molecule has 4 aromatic heterocycles. The van der Waals surface area contributed by atoms with Gasteiger partial charge in [0.05, 0.1) is 34.6 Å². The molecule has 0 N–H and O–H groups in total. The number of pyridine rings is 2. The Bertz CT molecular complexity index is 5170. The number of rotatable bonds is 12. The van der Waals surface area contributed by atoms with Crippen LogP contribution >= 0.6 is 8.58 Å². The van der Waals surface area contributed by atoms with E-state index < -0.39 is 26.2 Å². The first-order chi connectivity index (χ1) is 45.6. The zero-order chi connectivity index (χ0) is 66.3. The van der Waals surface area contributed by atoms with Crippen molar-refractivity contribution in [1.82, 2.24) is 19.1 Å². The smallest absolute Gasteiger partial charge is 0.271 e. The maximum Gasteiger partial charge on any atom is 0.271 e. The fraction of sp³-hybridized carbons (Fsp3) is 0.145. The average Bonchev–Trinajstić information content (AvgIpc) is 1.72. The Morgan fingerprint density at radius 2 is 0.967 bits per heavy atom. The minimum atomic E-state index is -3.04. The minimum absolute atomic E-state index is 0.0693. The standard InChI is InChI=1S/C83H74N5PSi/c1-81(2,3)61-30-24-28-59(48-61)72-51-63(83(7,8)9)52-73(60-29-25-37-69(49-60)90(66-31-16-11-17-32-66,67-33-18-12-19-34-67)68-35-20-13-21-36-68)80(72)87-56-86(77-50-58(40-43-75(77)87)57-26-14-10-15-27-57)78-55-65(45-47-84-78)89-64-41-42-71-70-38-22-23-39-74(70)88(76(71)54-64)79-53-62(44-46-85-79)82(4,5)6/h10-55,89H,1-9H3/i10D,14D,15D,26D,27D. The molecular formula is C83H74N5PSi. The molecule has 1 unspecified atom stereocenters. The number of para-hydroxylation sites is 1. The Labute approximate surface area is 539 Å². The molecule has 5 nitrogen and oxygen atoms in total. The quantitative estimate of drug-likeness (QED) is 0.0402. The van der Waals surface area contributed by atoms with E-state index in [4.69, 9.17) is 14.1 Å². The molecule has 0 fully saturated rings. The van der Waals surface area contributed by atoms with Crippen molar-refractivity contribution in [1.29, 1.82) is 0 Å². The second-order valence-electron chi connectivity index (χ2n) is 26.7. The van der Waals surface area contributed by atoms with Crippen molar-refractivity contribution in [3.05, 3.63) is 302 Å². The van der Waals surface area contributed by atoms with Gasteiger partial charge < -0.3 is 0 Å². The Kier molecular flexibility index (Phi) is 13.4. The lowest BCUT2D eigenvalue weighted by Crippen LogP contribution is -2.74. The highest BCUT2D eigenvalue weighted by molar-refractivity contribution is 7.55. The number of hydrogen-bond acceptors (Lipinski definition) is 2. The van der Waals surface area contributed by atoms with Gasteiger partial charge in [-0.15, -0.1) is 0 Å². The summed E-state index contributed by atoms with van der Waals surface area (Å²) in [4.78, 5) is 10.1. The Morgan fingerprint density at radius 3 is 1.62 bits per heavy atom. The third-order valence-corrected chi connectivity index (χ3v) is 23.7. The van der Waals surface area contributed by atoms with Crippen molar-refractivity contribution < 1.29 is 11.4 Å². The van der Waals surface area contributed by atoms with Crippen LogP contribution in [0.5, 0.6) is 0 Å². The molecule has 1 atom stereocenters. The van der Waals surface area contributed by atoms with Gasteiger partial charge in [-0.3, -0.25) is 18.7 Å². The first-order valence-electron chi connectivity index (χ1n) is 33.5. The van der Waals surface area contributed by atoms with Gasteiger partial charge in [-0.1, -0.05) is 295 Å². The lowest BCUT2D eigenvalue weighted by atomic mass is 9.81. The number of fused-ring (bicyclic) bond motifs is 4. The van der Waals surface area contributed by atoms with E-state index in [2.05, 4.69) is 296 Å². The van der Waals surface area contributed by atoms with Crippen LogP contribution in [0, 0.1) is 6.33 Å². The highest BCUT2D eigenvalue weighted by Gasteiger charge is 2.42. The molecule has 0 radical (unpaired) electrons. The van der Waals surface area contributed by atoms with Crippen molar-refractivity contribution >= 4 is 80.8 Å². The van der Waals surface area contributed by atoms with Gasteiger partial charge in [0.2, 0.25) is 0 Å². The van der Waals surface area contributed by atoms with Gasteiger partial charge in [-0.25, -0.2) is 4.98 Å². The van der Waals surface area contributed by atoms with E-state index in [0.29, 0.717) is 16.9 Å². The Morgan fingerprint density at radius 1 is 0.411 bits per heavy atom. The summed E-state index contributed by atoms with van der Waals surface area (Å²) in [6.07, 6.45) is 7.73. The van der Waals surface area contributed by atoms with Crippen LogP contribution in [0.2, 0.25) is 0 Å². The van der Waals surface area contributed by atoms with Gasteiger partial charge in [-0.05, 0) is 140 Å². The number of hydrogen-bond donors (Lipinski definition) is 0. The third kappa shape index (κ3) is 10.7. The van der Waals surface area contributed by atoms with Crippen LogP contribution in [0.4, 0.5) is 0 Å². The van der Waals surface area contributed by atoms with Crippen molar-refractivity contribution in [2.75, 3.05) is 0 Å². The van der Waals surface area contributed by atoms with Crippen molar-refractivity contribution in [3.63, 3.8) is 0 Å². The number of nitrogens with zero attached hydrogens (tertiary/aromatic N) is 5. The summed E-state index contributed by atoms with van der Waals surface area (Å²) in [6, 6.07) is 83.9. The molecule has 0 aliphatic heterocycles. The Hall–Kier alpha value is -9.58. The van der Waals surface area contributed by atoms with Crippen LogP contribution in [0.15, 0.2) is 279 Å². The first kappa shape index (κ1) is 52.4. The van der Waals surface area contributed by atoms with Crippen LogP contribution in [0.1, 0.15) is 85.9 Å². The molecule has 7 heteroatoms. The summed E-state index contributed by atoms with van der Waals surface area (Å²) >= 11 is 0. The summed E-state index contributed by atoms with van der Waals surface area (Å²) in [5, 5.41) is 9.55. The summed E-state index contributed by atoms with van der Waals surface area (Å²) in [7, 11) is -2.81. The van der Waals surface area contributed by atoms with Crippen LogP contribution < -0.4 is 35.9 Å². The van der Waals surface area contributed by atoms with Gasteiger partial charge in [-0.2, -0.15) is 0 Å². The molecule has 4 heterocycles. The van der Waals surface area contributed by atoms with Crippen LogP contribution in [0.25, 0.3) is 83.5 Å². The maximum absolute atomic E-state index is 9.25. The molecule has 0 saturated heterocycles. The zero-order valence-corrected chi connectivity index (χ0v) is 54.4. The zero-order valence-electron chi connectivity index (χ0n) is 57.4. The monoisotopic (exact) mass is 1200 g/mol. The number of benzene rings is 10. The van der Waals surface area contributed by atoms with Crippen molar-refractivity contribution in [3.8, 4) is 50.7 Å². The van der Waals surface area contributed by atoms with Crippen molar-refractivity contribution in [2.24, 2.45) is 0 Å². The molecule has 0 spiro atoms. The summed E-state index contributed by atoms with van der Waals surface area (Å²) in [6.45, 7) is 20.3. The fourth-order valence-electron chi connectivity index (χ4n) is 13.0. The molecule has 440 valence electrons. The molecule has 0 amide bonds. The Balaban J connectivity index is 1.03. The number of imidazole rings is 1. The largest absolute Gasteiger partial charge is 0.294 e. The predicted octanol–water partition coefficient (Wildman–Crippen LogP) is 16.5. The first-order valence-corrected chi connectivity index (χ1v) is 34.0. The van der Waals surface area contributed by atoms with Gasteiger partial charge in [0.25, 0.3) is 6.33 Å². The second-order valence-corrected chi connectivity index (χ2v) is 31.9. The molecule has 0 aliphatic rings. The minimum Gasteiger partial charge on any atom is -0.294 e. The molecule has 14 aromatic rings. The highest BCUT2D eigenvalue weighted by atomic mass is 31.1. The lowest BCUT2D eigenvalue weighted by Gasteiger charge is -2.35. The van der Waals surface area contributed by atoms with Gasteiger partial charge >= 0.3 is 0 Å². The van der Waals surface area contributed by atoms with Gasteiger partial charge in [0.15, 0.2) is 13.9 Å². The molecule has 90 heavy (non-hydrogen) atoms. The third-order valence-electron chi connectivity index (χ3n) is 17.7. The maximum atomic E-state index is 9.25. The number of aromatic nitrogens is 5. The summed E-state index contributed by atoms with van der Waals surface area (Å²) in [5.74, 6) is 1.47. The molecule has 0 saturated carbocycles. The predicted molar refractivity (Wildman–Crippen MR) is 384 cm³/mol. The van der Waals surface area contributed by atoms with Gasteiger partial charge in [0.1, 0.15) is 5.82 Å². The van der Waals surface area contributed by atoms with E-state index in [1.165, 1.54) is 31.9 Å². The highest BCUT2D eigenvalue weighted by Crippen LogP contribution is 2.41. The van der Waals surface area contributed by atoms with E-state index in [1.54, 1.807) is 0 Å². The topological polar surface area (TPSA) is 39.5 Å². The fourth-order valence-corrected chi connectivity index (χ4v) is 18.8. The van der Waals surface area contributed by atoms with E-state index in [1.807, 2.05) is 35.2 Å². The second kappa shape index (κ2) is 23.1. The van der Waals surface area contributed by atoms with E-state index in [-0.39, 0.29) is 42.5 Å². The van der Waals surface area contributed by atoms with Gasteiger partial charge in [0, 0.05) is 23.2 Å². The van der Waals surface area contributed by atoms with Crippen LogP contribution in [0.3, 0.4) is 0 Å². The van der Waals surface area contributed by atoms with E-state index >= 15 is 0 Å². The average molecular weight is 1210 g/mol. The summed E-state index contributed by atoms with van der Waals surface area (Å²) < 4.78 is 51.1. The molecular weight excluding hydrogens is 1130 g/mol. The van der Waals surface area contributed by atoms with E-state index in [9.17, 15) is 2.74 Å². The summed E-state index contributed by atoms with van der Waals surface area (Å²) in [5.41, 5.74) is 12.2. The SMILES string of the molecule is [2H]c1c([2H])c([2H])c(-c2ccc3c(c2)n(-c2cc(Pc4ccc5c6ccccc6n(-c6cc(C(C)(C)C)ccn6)c5c4)ccn2)[c-][n+]3-c2c(-c3cccc(C(C)(C)C)c3)cc(C(C)(C)C)cc2-c2cccc([Si](c3ccccc3)(c3ccccc3)c3ccccc3)c2)c([2H])c1[2H]. The molecule has 0 aliphatic carbocycles. The van der Waals surface area contributed by atoms with E-state index in [0.717, 1.165) is 77.3 Å². The lowest BCUT2D eigenvalue weighted by molar-refractivity contribution is -0.571. The van der Waals surface area contributed by atoms with Crippen LogP contribution in [-0.2, 0) is 16.2 Å². The van der Waals surface area contributed by atoms with Crippen LogP contribution in [-0.4, -0.2) is 27.2 Å².